The van der Waals surface area contributed by atoms with Gasteiger partial charge in [0, 0.05) is 16.8 Å². The maximum absolute atomic E-state index is 5.85. The molecule has 0 unspecified atom stereocenters. The standard InChI is InChI=1S/C18H16Cl2O2/c19-12-2-1-3-13-21-17-8-10-18(11-9-17)22-14-15-4-6-16(20)7-5-15/h4-11H,1,3,13-14H2. The topological polar surface area (TPSA) is 18.5 Å². The van der Waals surface area contributed by atoms with Gasteiger partial charge < -0.3 is 9.47 Å². The molecule has 0 aliphatic rings. The van der Waals surface area contributed by atoms with E-state index in [2.05, 4.69) is 11.3 Å². The van der Waals surface area contributed by atoms with Crippen LogP contribution < -0.4 is 9.47 Å². The first-order valence-corrected chi connectivity index (χ1v) is 7.72. The molecule has 0 fully saturated rings. The van der Waals surface area contributed by atoms with E-state index in [4.69, 9.17) is 32.7 Å². The molecule has 0 atom stereocenters. The first kappa shape index (κ1) is 16.5. The summed E-state index contributed by atoms with van der Waals surface area (Å²) in [6.07, 6.45) is 1.60. The molecule has 0 saturated carbocycles. The summed E-state index contributed by atoms with van der Waals surface area (Å²) in [4.78, 5) is 0. The van der Waals surface area contributed by atoms with Gasteiger partial charge in [-0.05, 0) is 60.0 Å². The molecule has 0 heterocycles. The minimum absolute atomic E-state index is 0.508. The first-order valence-electron chi connectivity index (χ1n) is 6.96. The van der Waals surface area contributed by atoms with Crippen LogP contribution in [0.2, 0.25) is 5.02 Å². The zero-order valence-electron chi connectivity index (χ0n) is 12.0. The van der Waals surface area contributed by atoms with E-state index in [1.807, 2.05) is 48.5 Å². The molecule has 0 saturated heterocycles. The van der Waals surface area contributed by atoms with Gasteiger partial charge in [-0.1, -0.05) is 29.7 Å². The summed E-state index contributed by atoms with van der Waals surface area (Å²) in [5, 5.41) is 3.07. The van der Waals surface area contributed by atoms with Crippen molar-refractivity contribution in [2.24, 2.45) is 0 Å². The fourth-order valence-electron chi connectivity index (χ4n) is 1.78. The monoisotopic (exact) mass is 334 g/mol. The molecule has 2 aromatic carbocycles. The van der Waals surface area contributed by atoms with Crippen LogP contribution in [0.3, 0.4) is 0 Å². The summed E-state index contributed by atoms with van der Waals surface area (Å²) in [5.41, 5.74) is 1.07. The van der Waals surface area contributed by atoms with Crippen molar-refractivity contribution in [3.63, 3.8) is 0 Å². The third kappa shape index (κ3) is 5.89. The molecule has 2 rings (SSSR count). The number of rotatable bonds is 7. The van der Waals surface area contributed by atoms with E-state index in [1.54, 1.807) is 0 Å². The van der Waals surface area contributed by atoms with E-state index in [1.165, 1.54) is 0 Å². The zero-order valence-corrected chi connectivity index (χ0v) is 13.5. The van der Waals surface area contributed by atoms with Gasteiger partial charge >= 0.3 is 0 Å². The molecule has 22 heavy (non-hydrogen) atoms. The maximum atomic E-state index is 5.85. The Morgan fingerprint density at radius 3 is 2.14 bits per heavy atom. The summed E-state index contributed by atoms with van der Waals surface area (Å²) in [7, 11) is 0. The first-order chi connectivity index (χ1) is 10.8. The van der Waals surface area contributed by atoms with Gasteiger partial charge in [-0.2, -0.15) is 0 Å². The minimum Gasteiger partial charge on any atom is -0.494 e. The molecule has 2 nitrogen and oxygen atoms in total. The van der Waals surface area contributed by atoms with Crippen molar-refractivity contribution in [3.05, 3.63) is 59.1 Å². The number of ether oxygens (including phenoxy) is 2. The Labute approximate surface area is 141 Å². The van der Waals surface area contributed by atoms with Crippen LogP contribution in [-0.2, 0) is 6.61 Å². The van der Waals surface area contributed by atoms with Crippen LogP contribution in [-0.4, -0.2) is 6.61 Å². The quantitative estimate of drug-likeness (QED) is 0.506. The number of hydrogen-bond acceptors (Lipinski definition) is 2. The van der Waals surface area contributed by atoms with Crippen molar-refractivity contribution in [3.8, 4) is 22.8 Å². The van der Waals surface area contributed by atoms with Gasteiger partial charge in [-0.25, -0.2) is 0 Å². The SMILES string of the molecule is ClC#CCCCOc1ccc(OCc2ccc(Cl)cc2)cc1. The van der Waals surface area contributed by atoms with E-state index in [0.29, 0.717) is 13.2 Å². The van der Waals surface area contributed by atoms with E-state index in [9.17, 15) is 0 Å². The lowest BCUT2D eigenvalue weighted by Crippen LogP contribution is -1.97. The predicted octanol–water partition coefficient (Wildman–Crippen LogP) is 5.28. The van der Waals surface area contributed by atoms with Crippen molar-refractivity contribution in [1.82, 2.24) is 0 Å². The predicted molar refractivity (Wildman–Crippen MR) is 90.6 cm³/mol. The number of halogens is 2. The van der Waals surface area contributed by atoms with E-state index < -0.39 is 0 Å². The smallest absolute Gasteiger partial charge is 0.120 e. The van der Waals surface area contributed by atoms with Crippen molar-refractivity contribution in [2.75, 3.05) is 6.61 Å². The summed E-state index contributed by atoms with van der Waals surface area (Å²) in [6, 6.07) is 15.2. The summed E-state index contributed by atoms with van der Waals surface area (Å²) >= 11 is 11.1. The largest absolute Gasteiger partial charge is 0.494 e. The Kier molecular flexibility index (Phi) is 6.96. The highest BCUT2D eigenvalue weighted by molar-refractivity contribution is 6.30. The third-order valence-corrected chi connectivity index (χ3v) is 3.31. The van der Waals surface area contributed by atoms with Gasteiger partial charge in [-0.15, -0.1) is 0 Å². The fraction of sp³-hybridized carbons (Fsp3) is 0.222. The van der Waals surface area contributed by atoms with Crippen LogP contribution in [0.4, 0.5) is 0 Å². The van der Waals surface area contributed by atoms with Crippen molar-refractivity contribution in [1.29, 1.82) is 0 Å². The van der Waals surface area contributed by atoms with Crippen LogP contribution in [0, 0.1) is 11.3 Å². The molecule has 0 bridgehead atoms. The second kappa shape index (κ2) is 9.25. The highest BCUT2D eigenvalue weighted by Gasteiger charge is 1.98. The van der Waals surface area contributed by atoms with Gasteiger partial charge in [0.2, 0.25) is 0 Å². The Morgan fingerprint density at radius 1 is 0.864 bits per heavy atom. The molecule has 0 amide bonds. The molecule has 2 aromatic rings. The molecule has 0 aromatic heterocycles. The maximum Gasteiger partial charge on any atom is 0.120 e. The Hall–Kier alpha value is -1.82. The molecule has 0 aliphatic heterocycles. The second-order valence-corrected chi connectivity index (χ2v) is 5.24. The highest BCUT2D eigenvalue weighted by atomic mass is 35.5. The van der Waals surface area contributed by atoms with Crippen LogP contribution in [0.15, 0.2) is 48.5 Å². The molecule has 0 spiro atoms. The molecular weight excluding hydrogens is 319 g/mol. The van der Waals surface area contributed by atoms with Crippen LogP contribution >= 0.6 is 23.2 Å². The third-order valence-electron chi connectivity index (χ3n) is 2.92. The fourth-order valence-corrected chi connectivity index (χ4v) is 2.00. The minimum atomic E-state index is 0.508. The Bertz CT molecular complexity index is 625. The molecule has 4 heteroatoms. The molecule has 0 N–H and O–H groups in total. The van der Waals surface area contributed by atoms with Crippen molar-refractivity contribution < 1.29 is 9.47 Å². The summed E-state index contributed by atoms with van der Waals surface area (Å²) < 4.78 is 11.3. The summed E-state index contributed by atoms with van der Waals surface area (Å²) in [6.45, 7) is 1.13. The summed E-state index contributed by atoms with van der Waals surface area (Å²) in [5.74, 6) is 4.41. The van der Waals surface area contributed by atoms with Crippen LogP contribution in [0.1, 0.15) is 18.4 Å². The lowest BCUT2D eigenvalue weighted by molar-refractivity contribution is 0.300. The van der Waals surface area contributed by atoms with Gasteiger partial charge in [0.25, 0.3) is 0 Å². The highest BCUT2D eigenvalue weighted by Crippen LogP contribution is 2.19. The molecule has 114 valence electrons. The number of unbranched alkanes of at least 4 members (excludes halogenated alkanes) is 1. The lowest BCUT2D eigenvalue weighted by atomic mass is 10.2. The average molecular weight is 335 g/mol. The van der Waals surface area contributed by atoms with Crippen LogP contribution in [0.25, 0.3) is 0 Å². The normalized spacial score (nSPS) is 9.73. The van der Waals surface area contributed by atoms with Crippen LogP contribution in [0.5, 0.6) is 11.5 Å². The zero-order chi connectivity index (χ0) is 15.6. The molecule has 0 aliphatic carbocycles. The van der Waals surface area contributed by atoms with Gasteiger partial charge in [0.15, 0.2) is 0 Å². The van der Waals surface area contributed by atoms with E-state index in [0.717, 1.165) is 34.9 Å². The van der Waals surface area contributed by atoms with E-state index in [-0.39, 0.29) is 0 Å². The second-order valence-electron chi connectivity index (χ2n) is 4.61. The molecular formula is C18H16Cl2O2. The van der Waals surface area contributed by atoms with Gasteiger partial charge in [0.05, 0.1) is 6.61 Å². The average Bonchev–Trinajstić information content (AvgIpc) is 2.55. The Balaban J connectivity index is 1.76. The van der Waals surface area contributed by atoms with Gasteiger partial charge in [-0.3, -0.25) is 0 Å². The number of hydrogen-bond donors (Lipinski definition) is 0. The number of benzene rings is 2. The molecule has 0 radical (unpaired) electrons. The van der Waals surface area contributed by atoms with E-state index >= 15 is 0 Å². The van der Waals surface area contributed by atoms with Gasteiger partial charge in [0.1, 0.15) is 18.1 Å². The lowest BCUT2D eigenvalue weighted by Gasteiger charge is -2.08. The van der Waals surface area contributed by atoms with Crippen molar-refractivity contribution in [2.45, 2.75) is 19.4 Å². The Morgan fingerprint density at radius 2 is 1.50 bits per heavy atom. The van der Waals surface area contributed by atoms with Crippen molar-refractivity contribution >= 4 is 23.2 Å².